The SMILES string of the molecule is CC[C@H](C(=O)NC1CCCCC1)N(Cc1ccc(OC)cc1)C(=O)CN(c1cc(C)ccc1C)S(=O)(=O)c1ccccc1. The largest absolute Gasteiger partial charge is 0.497 e. The normalized spacial score (nSPS) is 14.5. The zero-order valence-electron chi connectivity index (χ0n) is 25.6. The molecule has 0 bridgehead atoms. The van der Waals surface area contributed by atoms with Crippen LogP contribution in [0.1, 0.15) is 62.1 Å². The van der Waals surface area contributed by atoms with Crippen molar-refractivity contribution in [2.45, 2.75) is 82.8 Å². The third kappa shape index (κ3) is 7.96. The summed E-state index contributed by atoms with van der Waals surface area (Å²) in [5.74, 6) is 0.0149. The van der Waals surface area contributed by atoms with Gasteiger partial charge in [-0.1, -0.05) is 68.7 Å². The molecule has 0 saturated heterocycles. The molecule has 43 heavy (non-hydrogen) atoms. The molecule has 0 spiro atoms. The van der Waals surface area contributed by atoms with E-state index in [-0.39, 0.29) is 23.4 Å². The molecule has 3 aromatic carbocycles. The first-order valence-corrected chi connectivity index (χ1v) is 16.5. The predicted octanol–water partition coefficient (Wildman–Crippen LogP) is 5.76. The fourth-order valence-corrected chi connectivity index (χ4v) is 7.10. The molecule has 8 nitrogen and oxygen atoms in total. The van der Waals surface area contributed by atoms with Crippen LogP contribution in [0.5, 0.6) is 5.75 Å². The number of aryl methyl sites for hydroxylation is 2. The highest BCUT2D eigenvalue weighted by Gasteiger charge is 2.35. The molecule has 1 fully saturated rings. The lowest BCUT2D eigenvalue weighted by atomic mass is 9.95. The quantitative estimate of drug-likeness (QED) is 0.283. The van der Waals surface area contributed by atoms with E-state index in [9.17, 15) is 18.0 Å². The van der Waals surface area contributed by atoms with Crippen molar-refractivity contribution in [3.63, 3.8) is 0 Å². The summed E-state index contributed by atoms with van der Waals surface area (Å²) in [4.78, 5) is 29.7. The van der Waals surface area contributed by atoms with E-state index < -0.39 is 28.5 Å². The molecule has 0 aliphatic heterocycles. The van der Waals surface area contributed by atoms with Gasteiger partial charge in [0.1, 0.15) is 18.3 Å². The number of carbonyl (C=O) groups excluding carboxylic acids is 2. The smallest absolute Gasteiger partial charge is 0.264 e. The van der Waals surface area contributed by atoms with Crippen molar-refractivity contribution >= 4 is 27.5 Å². The second-order valence-electron chi connectivity index (χ2n) is 11.3. The molecule has 3 aromatic rings. The Morgan fingerprint density at radius 2 is 1.63 bits per heavy atom. The Kier molecular flexibility index (Phi) is 10.9. The molecule has 2 amide bonds. The van der Waals surface area contributed by atoms with Crippen LogP contribution in [0.15, 0.2) is 77.7 Å². The Labute approximate surface area is 256 Å². The van der Waals surface area contributed by atoms with E-state index in [0.717, 1.165) is 48.8 Å². The lowest BCUT2D eigenvalue weighted by Gasteiger charge is -2.35. The van der Waals surface area contributed by atoms with Crippen molar-refractivity contribution in [1.82, 2.24) is 10.2 Å². The van der Waals surface area contributed by atoms with E-state index in [2.05, 4.69) is 5.32 Å². The fourth-order valence-electron chi connectivity index (χ4n) is 5.61. The van der Waals surface area contributed by atoms with Crippen molar-refractivity contribution in [2.75, 3.05) is 18.0 Å². The van der Waals surface area contributed by atoms with E-state index in [1.807, 2.05) is 57.2 Å². The number of anilines is 1. The molecule has 230 valence electrons. The summed E-state index contributed by atoms with van der Waals surface area (Å²) in [7, 11) is -2.52. The Balaban J connectivity index is 1.72. The third-order valence-corrected chi connectivity index (χ3v) is 9.87. The molecule has 0 radical (unpaired) electrons. The van der Waals surface area contributed by atoms with Crippen molar-refractivity contribution < 1.29 is 22.7 Å². The van der Waals surface area contributed by atoms with Crippen molar-refractivity contribution in [3.05, 3.63) is 89.5 Å². The highest BCUT2D eigenvalue weighted by Crippen LogP contribution is 2.29. The van der Waals surface area contributed by atoms with Crippen LogP contribution in [-0.2, 0) is 26.2 Å². The van der Waals surface area contributed by atoms with E-state index in [1.54, 1.807) is 31.4 Å². The number of nitrogens with one attached hydrogen (secondary N) is 1. The summed E-state index contributed by atoms with van der Waals surface area (Å²) in [6, 6.07) is 20.3. The monoisotopic (exact) mass is 605 g/mol. The second kappa shape index (κ2) is 14.6. The molecule has 1 atom stereocenters. The molecule has 1 saturated carbocycles. The fraction of sp³-hybridized carbons (Fsp3) is 0.412. The first-order valence-electron chi connectivity index (χ1n) is 15.0. The van der Waals surface area contributed by atoms with Crippen molar-refractivity contribution in [3.8, 4) is 5.75 Å². The highest BCUT2D eigenvalue weighted by molar-refractivity contribution is 7.92. The summed E-state index contributed by atoms with van der Waals surface area (Å²) in [5, 5.41) is 3.18. The topological polar surface area (TPSA) is 96.0 Å². The number of rotatable bonds is 12. The maximum Gasteiger partial charge on any atom is 0.264 e. The number of hydrogen-bond donors (Lipinski definition) is 1. The van der Waals surface area contributed by atoms with Gasteiger partial charge in [-0.25, -0.2) is 8.42 Å². The van der Waals surface area contributed by atoms with Gasteiger partial charge in [0.2, 0.25) is 11.8 Å². The Morgan fingerprint density at radius 3 is 2.26 bits per heavy atom. The minimum atomic E-state index is -4.11. The number of methoxy groups -OCH3 is 1. The minimum Gasteiger partial charge on any atom is -0.497 e. The zero-order valence-corrected chi connectivity index (χ0v) is 26.4. The Morgan fingerprint density at radius 1 is 0.953 bits per heavy atom. The van der Waals surface area contributed by atoms with E-state index >= 15 is 0 Å². The lowest BCUT2D eigenvalue weighted by Crippen LogP contribution is -2.54. The number of carbonyl (C=O) groups is 2. The average molecular weight is 606 g/mol. The molecule has 1 aliphatic rings. The molecular formula is C34H43N3O5S. The summed E-state index contributed by atoms with van der Waals surface area (Å²) in [6.45, 7) is 5.28. The maximum absolute atomic E-state index is 14.3. The molecule has 9 heteroatoms. The first-order chi connectivity index (χ1) is 20.6. The van der Waals surface area contributed by atoms with Gasteiger partial charge in [-0.15, -0.1) is 0 Å². The number of hydrogen-bond acceptors (Lipinski definition) is 5. The van der Waals surface area contributed by atoms with Gasteiger partial charge in [0.15, 0.2) is 0 Å². The summed E-state index contributed by atoms with van der Waals surface area (Å²) >= 11 is 0. The Bertz CT molecular complexity index is 1490. The molecule has 0 unspecified atom stereocenters. The van der Waals surface area contributed by atoms with Crippen LogP contribution in [0.25, 0.3) is 0 Å². The van der Waals surface area contributed by atoms with Gasteiger partial charge in [-0.05, 0) is 80.1 Å². The van der Waals surface area contributed by atoms with Gasteiger partial charge in [-0.3, -0.25) is 13.9 Å². The van der Waals surface area contributed by atoms with Crippen LogP contribution in [-0.4, -0.2) is 50.9 Å². The van der Waals surface area contributed by atoms with E-state index in [1.165, 1.54) is 21.3 Å². The van der Waals surface area contributed by atoms with E-state index in [0.29, 0.717) is 17.9 Å². The summed E-state index contributed by atoms with van der Waals surface area (Å²) in [6.07, 6.45) is 5.52. The van der Waals surface area contributed by atoms with Gasteiger partial charge in [0.05, 0.1) is 17.7 Å². The van der Waals surface area contributed by atoms with Crippen LogP contribution in [0, 0.1) is 13.8 Å². The highest BCUT2D eigenvalue weighted by atomic mass is 32.2. The van der Waals surface area contributed by atoms with Crippen LogP contribution < -0.4 is 14.4 Å². The second-order valence-corrected chi connectivity index (χ2v) is 13.1. The lowest BCUT2D eigenvalue weighted by molar-refractivity contribution is -0.140. The van der Waals surface area contributed by atoms with Crippen LogP contribution >= 0.6 is 0 Å². The molecule has 0 aromatic heterocycles. The summed E-state index contributed by atoms with van der Waals surface area (Å²) < 4.78 is 34.6. The molecule has 1 aliphatic carbocycles. The molecule has 4 rings (SSSR count). The van der Waals surface area contributed by atoms with Crippen molar-refractivity contribution in [1.29, 1.82) is 0 Å². The van der Waals surface area contributed by atoms with Crippen molar-refractivity contribution in [2.24, 2.45) is 0 Å². The standard InChI is InChI=1S/C34H43N3O5S/c1-5-31(34(39)35-28-12-8-6-9-13-28)36(23-27-18-20-29(42-4)21-19-27)33(38)24-37(32-22-25(2)16-17-26(32)3)43(40,41)30-14-10-7-11-15-30/h7,10-11,14-22,28,31H,5-6,8-9,12-13,23-24H2,1-4H3,(H,35,39)/t31-/m1/s1. The molecule has 1 N–H and O–H groups in total. The summed E-state index contributed by atoms with van der Waals surface area (Å²) in [5.41, 5.74) is 2.83. The van der Waals surface area contributed by atoms with Gasteiger partial charge >= 0.3 is 0 Å². The number of amides is 2. The minimum absolute atomic E-state index is 0.0816. The number of ether oxygens (including phenoxy) is 1. The average Bonchev–Trinajstić information content (AvgIpc) is 3.02. The zero-order chi connectivity index (χ0) is 31.0. The maximum atomic E-state index is 14.3. The van der Waals surface area contributed by atoms with Gasteiger partial charge in [-0.2, -0.15) is 0 Å². The number of benzene rings is 3. The Hall–Kier alpha value is -3.85. The number of nitrogens with zero attached hydrogens (tertiary/aromatic N) is 2. The van der Waals surface area contributed by atoms with E-state index in [4.69, 9.17) is 4.74 Å². The number of sulfonamides is 1. The third-order valence-electron chi connectivity index (χ3n) is 8.09. The van der Waals surface area contributed by atoms with Crippen LogP contribution in [0.2, 0.25) is 0 Å². The van der Waals surface area contributed by atoms with Gasteiger partial charge in [0, 0.05) is 12.6 Å². The van der Waals surface area contributed by atoms with Crippen LogP contribution in [0.4, 0.5) is 5.69 Å². The molecular weight excluding hydrogens is 562 g/mol. The van der Waals surface area contributed by atoms with Crippen LogP contribution in [0.3, 0.4) is 0 Å². The van der Waals surface area contributed by atoms with Gasteiger partial charge < -0.3 is 15.0 Å². The first kappa shape index (κ1) is 32.1. The predicted molar refractivity (Wildman–Crippen MR) is 170 cm³/mol. The van der Waals surface area contributed by atoms with Gasteiger partial charge in [0.25, 0.3) is 10.0 Å². The molecule has 0 heterocycles.